The number of H-pyrrole nitrogens is 2. The van der Waals surface area contributed by atoms with Crippen LogP contribution in [0.2, 0.25) is 0 Å². The Morgan fingerprint density at radius 2 is 2.10 bits per heavy atom. The number of carbonyl (C=O) groups excluding carboxylic acids is 1. The number of aromatic nitrogens is 4. The molecule has 0 spiro atoms. The van der Waals surface area contributed by atoms with Crippen LogP contribution in [0.1, 0.15) is 16.8 Å². The number of amides is 1. The van der Waals surface area contributed by atoms with Crippen LogP contribution >= 0.6 is 28.1 Å². The van der Waals surface area contributed by atoms with Gasteiger partial charge in [-0.05, 0) is 47.2 Å². The van der Waals surface area contributed by atoms with Crippen LogP contribution in [0.3, 0.4) is 0 Å². The van der Waals surface area contributed by atoms with E-state index < -0.39 is 0 Å². The molecule has 1 aliphatic heterocycles. The summed E-state index contributed by atoms with van der Waals surface area (Å²) < 4.78 is 3.28. The molecule has 0 aliphatic carbocycles. The van der Waals surface area contributed by atoms with Crippen LogP contribution in [-0.2, 0) is 24.3 Å². The van der Waals surface area contributed by atoms with E-state index in [0.717, 1.165) is 32.9 Å². The monoisotopic (exact) mass is 481 g/mol. The predicted molar refractivity (Wildman–Crippen MR) is 123 cm³/mol. The summed E-state index contributed by atoms with van der Waals surface area (Å²) in [5.74, 6) is 0.724. The molecule has 1 aliphatic rings. The third-order valence-electron chi connectivity index (χ3n) is 5.64. The first-order valence-corrected chi connectivity index (χ1v) is 11.0. The number of nitrogens with one attached hydrogen (secondary N) is 2. The molecule has 2 aromatic carbocycles. The molecular formula is C22H20BrN5OS. The Labute approximate surface area is 187 Å². The molecule has 0 saturated carbocycles. The lowest BCUT2D eigenvalue weighted by molar-refractivity contribution is -0.132. The molecule has 0 atom stereocenters. The summed E-state index contributed by atoms with van der Waals surface area (Å²) in [6, 6.07) is 14.2. The van der Waals surface area contributed by atoms with Gasteiger partial charge in [0.1, 0.15) is 6.54 Å². The number of carbonyl (C=O) groups is 1. The maximum absolute atomic E-state index is 13.2. The highest BCUT2D eigenvalue weighted by molar-refractivity contribution is 9.10. The van der Waals surface area contributed by atoms with Crippen LogP contribution in [0.5, 0.6) is 0 Å². The average molecular weight is 482 g/mol. The molecule has 1 amide bonds. The fraction of sp³-hybridized carbons (Fsp3) is 0.227. The minimum absolute atomic E-state index is 0.0383. The molecule has 5 rings (SSSR count). The Bertz CT molecular complexity index is 1340. The maximum atomic E-state index is 13.2. The highest BCUT2D eigenvalue weighted by atomic mass is 79.9. The molecule has 30 heavy (non-hydrogen) atoms. The molecule has 3 heterocycles. The molecule has 0 bridgehead atoms. The van der Waals surface area contributed by atoms with Crippen LogP contribution in [0.15, 0.2) is 46.9 Å². The second-order valence-electron chi connectivity index (χ2n) is 7.62. The van der Waals surface area contributed by atoms with E-state index in [0.29, 0.717) is 23.7 Å². The van der Waals surface area contributed by atoms with Crippen LogP contribution < -0.4 is 0 Å². The van der Waals surface area contributed by atoms with Crippen molar-refractivity contribution in [2.75, 3.05) is 6.54 Å². The van der Waals surface area contributed by atoms with Crippen molar-refractivity contribution in [3.05, 3.63) is 68.5 Å². The lowest BCUT2D eigenvalue weighted by atomic mass is 10.0. The van der Waals surface area contributed by atoms with Gasteiger partial charge in [0.2, 0.25) is 5.91 Å². The number of halogens is 1. The summed E-state index contributed by atoms with van der Waals surface area (Å²) in [6.45, 7) is 3.47. The van der Waals surface area contributed by atoms with E-state index in [4.69, 9.17) is 12.2 Å². The number of para-hydroxylation sites is 1. The third-order valence-corrected chi connectivity index (χ3v) is 6.61. The van der Waals surface area contributed by atoms with E-state index in [9.17, 15) is 4.79 Å². The first kappa shape index (κ1) is 19.3. The zero-order valence-corrected chi connectivity index (χ0v) is 18.8. The molecule has 8 heteroatoms. The number of hydrogen-bond acceptors (Lipinski definition) is 3. The molecule has 2 aromatic heterocycles. The number of nitrogens with zero attached hydrogens (tertiary/aromatic N) is 3. The van der Waals surface area contributed by atoms with E-state index in [1.165, 1.54) is 11.3 Å². The normalized spacial score (nSPS) is 13.6. The van der Waals surface area contributed by atoms with Crippen molar-refractivity contribution < 1.29 is 4.79 Å². The molecule has 0 radical (unpaired) electrons. The lowest BCUT2D eigenvalue weighted by Crippen LogP contribution is -2.38. The summed E-state index contributed by atoms with van der Waals surface area (Å²) in [4.78, 5) is 18.6. The number of hydrogen-bond donors (Lipinski definition) is 2. The smallest absolute Gasteiger partial charge is 0.242 e. The van der Waals surface area contributed by atoms with Crippen molar-refractivity contribution in [1.29, 1.82) is 0 Å². The van der Waals surface area contributed by atoms with Gasteiger partial charge in [0, 0.05) is 46.2 Å². The van der Waals surface area contributed by atoms with Gasteiger partial charge < -0.3 is 9.88 Å². The van der Waals surface area contributed by atoms with Gasteiger partial charge in [-0.1, -0.05) is 35.9 Å². The van der Waals surface area contributed by atoms with Crippen molar-refractivity contribution in [3.63, 3.8) is 0 Å². The highest BCUT2D eigenvalue weighted by Crippen LogP contribution is 2.32. The topological polar surface area (TPSA) is 69.7 Å². The Morgan fingerprint density at radius 1 is 1.27 bits per heavy atom. The van der Waals surface area contributed by atoms with E-state index in [-0.39, 0.29) is 12.5 Å². The van der Waals surface area contributed by atoms with Crippen LogP contribution in [-0.4, -0.2) is 37.1 Å². The number of aromatic amines is 2. The second kappa shape index (κ2) is 7.52. The zero-order valence-electron chi connectivity index (χ0n) is 16.4. The maximum Gasteiger partial charge on any atom is 0.242 e. The van der Waals surface area contributed by atoms with Crippen molar-refractivity contribution in [3.8, 4) is 11.4 Å². The van der Waals surface area contributed by atoms with Crippen LogP contribution in [0.4, 0.5) is 0 Å². The Hall–Kier alpha value is -2.71. The van der Waals surface area contributed by atoms with Crippen molar-refractivity contribution in [2.24, 2.45) is 0 Å². The Morgan fingerprint density at radius 3 is 2.93 bits per heavy atom. The predicted octanol–water partition coefficient (Wildman–Crippen LogP) is 4.74. The zero-order chi connectivity index (χ0) is 20.8. The molecule has 0 fully saturated rings. The number of benzene rings is 2. The van der Waals surface area contributed by atoms with E-state index in [2.05, 4.69) is 37.2 Å². The Balaban J connectivity index is 1.43. The summed E-state index contributed by atoms with van der Waals surface area (Å²) in [5.41, 5.74) is 5.57. The number of fused-ring (bicyclic) bond motifs is 3. The summed E-state index contributed by atoms with van der Waals surface area (Å²) in [6.07, 6.45) is 0.809. The van der Waals surface area contributed by atoms with E-state index in [1.54, 1.807) is 4.57 Å². The van der Waals surface area contributed by atoms with Gasteiger partial charge in [-0.25, -0.2) is 0 Å². The van der Waals surface area contributed by atoms with E-state index in [1.807, 2.05) is 48.2 Å². The number of rotatable bonds is 3. The molecular weight excluding hydrogens is 462 g/mol. The largest absolute Gasteiger partial charge is 0.357 e. The lowest BCUT2D eigenvalue weighted by Gasteiger charge is -2.27. The highest BCUT2D eigenvalue weighted by Gasteiger charge is 2.25. The fourth-order valence-electron chi connectivity index (χ4n) is 4.12. The SMILES string of the molecule is Cc1cccc(-c2n[nH]c(=S)n2CC(=O)N2CCc3[nH]c4c(Br)cccc4c3C2)c1. The minimum Gasteiger partial charge on any atom is -0.357 e. The van der Waals surface area contributed by atoms with Gasteiger partial charge in [-0.15, -0.1) is 0 Å². The summed E-state index contributed by atoms with van der Waals surface area (Å²) >= 11 is 9.03. The van der Waals surface area contributed by atoms with Gasteiger partial charge >= 0.3 is 0 Å². The molecule has 152 valence electrons. The molecule has 0 unspecified atom stereocenters. The summed E-state index contributed by atoms with van der Waals surface area (Å²) in [7, 11) is 0. The van der Waals surface area contributed by atoms with Crippen molar-refractivity contribution in [1.82, 2.24) is 24.6 Å². The molecule has 4 aromatic rings. The molecule has 0 saturated heterocycles. The third kappa shape index (κ3) is 3.30. The molecule has 2 N–H and O–H groups in total. The van der Waals surface area contributed by atoms with Gasteiger partial charge in [-0.2, -0.15) is 5.10 Å². The number of aryl methyl sites for hydroxylation is 1. The molecule has 6 nitrogen and oxygen atoms in total. The van der Waals surface area contributed by atoms with Crippen molar-refractivity contribution in [2.45, 2.75) is 26.4 Å². The summed E-state index contributed by atoms with van der Waals surface area (Å²) in [5, 5.41) is 8.37. The Kier molecular flexibility index (Phi) is 4.83. The van der Waals surface area contributed by atoms with Crippen LogP contribution in [0, 0.1) is 11.7 Å². The first-order chi connectivity index (χ1) is 14.5. The van der Waals surface area contributed by atoms with Crippen LogP contribution in [0.25, 0.3) is 22.3 Å². The van der Waals surface area contributed by atoms with Gasteiger partial charge in [0.15, 0.2) is 10.6 Å². The average Bonchev–Trinajstić information content (AvgIpc) is 3.29. The van der Waals surface area contributed by atoms with E-state index >= 15 is 0 Å². The standard InChI is InChI=1S/C22H20BrN5OS/c1-13-4-2-5-14(10-13)21-25-26-22(30)28(21)12-19(29)27-9-8-18-16(11-27)15-6-3-7-17(23)20(15)24-18/h2-7,10,24H,8-9,11-12H2,1H3,(H,26,30). The van der Waals surface area contributed by atoms with Gasteiger partial charge in [0.25, 0.3) is 0 Å². The van der Waals surface area contributed by atoms with Gasteiger partial charge in [0.05, 0.1) is 5.52 Å². The van der Waals surface area contributed by atoms with Gasteiger partial charge in [-0.3, -0.25) is 14.5 Å². The minimum atomic E-state index is 0.0383. The second-order valence-corrected chi connectivity index (χ2v) is 8.86. The van der Waals surface area contributed by atoms with Crippen molar-refractivity contribution >= 4 is 45.0 Å². The quantitative estimate of drug-likeness (QED) is 0.415. The first-order valence-electron chi connectivity index (χ1n) is 9.79. The fourth-order valence-corrected chi connectivity index (χ4v) is 4.78.